The fraction of sp³-hybridized carbons (Fsp3) is 0.286. The second-order valence-corrected chi connectivity index (χ2v) is 5.27. The van der Waals surface area contributed by atoms with Gasteiger partial charge in [-0.1, -0.05) is 12.1 Å². The second-order valence-electron chi connectivity index (χ2n) is 4.27. The monoisotopic (exact) mass is 293 g/mol. The Balaban J connectivity index is 2.02. The zero-order chi connectivity index (χ0) is 14.5. The van der Waals surface area contributed by atoms with Gasteiger partial charge < -0.3 is 14.7 Å². The molecule has 0 aromatic heterocycles. The van der Waals surface area contributed by atoms with Crippen LogP contribution in [0.25, 0.3) is 6.08 Å². The highest BCUT2D eigenvalue weighted by molar-refractivity contribution is 7.99. The quantitative estimate of drug-likeness (QED) is 0.856. The highest BCUT2D eigenvalue weighted by Gasteiger charge is 2.33. The lowest BCUT2D eigenvalue weighted by molar-refractivity contribution is -0.146. The van der Waals surface area contributed by atoms with Gasteiger partial charge in [-0.05, 0) is 23.8 Å². The van der Waals surface area contributed by atoms with E-state index in [1.807, 2.05) is 12.1 Å². The van der Waals surface area contributed by atoms with Crippen molar-refractivity contribution in [2.24, 2.45) is 0 Å². The Bertz CT molecular complexity index is 526. The van der Waals surface area contributed by atoms with Crippen LogP contribution in [0.2, 0.25) is 0 Å². The summed E-state index contributed by atoms with van der Waals surface area (Å²) < 4.78 is 5.05. The van der Waals surface area contributed by atoms with Gasteiger partial charge in [0.25, 0.3) is 0 Å². The largest absolute Gasteiger partial charge is 0.497 e. The van der Waals surface area contributed by atoms with E-state index < -0.39 is 12.0 Å². The van der Waals surface area contributed by atoms with Crippen LogP contribution in [0.4, 0.5) is 0 Å². The van der Waals surface area contributed by atoms with Crippen molar-refractivity contribution in [3.05, 3.63) is 35.9 Å². The maximum Gasteiger partial charge on any atom is 0.327 e. The maximum absolute atomic E-state index is 12.0. The Labute approximate surface area is 121 Å². The van der Waals surface area contributed by atoms with Crippen LogP contribution in [0.3, 0.4) is 0 Å². The predicted octanol–water partition coefficient (Wildman–Crippen LogP) is 1.69. The van der Waals surface area contributed by atoms with E-state index in [0.717, 1.165) is 11.3 Å². The number of carbonyl (C=O) groups is 2. The molecule has 1 N–H and O–H groups in total. The molecule has 5 nitrogen and oxygen atoms in total. The first kappa shape index (κ1) is 14.5. The van der Waals surface area contributed by atoms with Crippen LogP contribution in [0.1, 0.15) is 5.56 Å². The lowest BCUT2D eigenvalue weighted by Gasteiger charge is -2.18. The van der Waals surface area contributed by atoms with E-state index in [1.165, 1.54) is 22.7 Å². The zero-order valence-electron chi connectivity index (χ0n) is 11.0. The molecule has 1 aromatic carbocycles. The van der Waals surface area contributed by atoms with Crippen molar-refractivity contribution in [2.75, 3.05) is 18.7 Å². The van der Waals surface area contributed by atoms with E-state index in [0.29, 0.717) is 11.6 Å². The average molecular weight is 293 g/mol. The summed E-state index contributed by atoms with van der Waals surface area (Å²) in [4.78, 5) is 24.4. The van der Waals surface area contributed by atoms with Crippen molar-refractivity contribution in [1.29, 1.82) is 0 Å². The van der Waals surface area contributed by atoms with Crippen molar-refractivity contribution < 1.29 is 19.4 Å². The van der Waals surface area contributed by atoms with E-state index >= 15 is 0 Å². The van der Waals surface area contributed by atoms with Crippen molar-refractivity contribution >= 4 is 29.7 Å². The molecule has 0 radical (unpaired) electrons. The molecular formula is C14H15NO4S. The van der Waals surface area contributed by atoms with Crippen LogP contribution in [0.5, 0.6) is 5.75 Å². The van der Waals surface area contributed by atoms with Gasteiger partial charge in [0.05, 0.1) is 13.0 Å². The SMILES string of the molecule is COc1ccc(/C=C/C(=O)N2CSCC2C(=O)O)cc1. The summed E-state index contributed by atoms with van der Waals surface area (Å²) in [6, 6.07) is 6.53. The molecule has 0 aliphatic carbocycles. The van der Waals surface area contributed by atoms with Gasteiger partial charge in [-0.2, -0.15) is 0 Å². The molecule has 2 rings (SSSR count). The molecule has 1 aromatic rings. The molecule has 1 amide bonds. The van der Waals surface area contributed by atoms with Crippen molar-refractivity contribution in [1.82, 2.24) is 4.90 Å². The molecule has 0 bridgehead atoms. The molecule has 1 aliphatic heterocycles. The van der Waals surface area contributed by atoms with Gasteiger partial charge >= 0.3 is 5.97 Å². The minimum absolute atomic E-state index is 0.279. The van der Waals surface area contributed by atoms with E-state index in [-0.39, 0.29) is 5.91 Å². The molecule has 1 fully saturated rings. The highest BCUT2D eigenvalue weighted by atomic mass is 32.2. The normalized spacial score (nSPS) is 18.4. The van der Waals surface area contributed by atoms with Crippen LogP contribution >= 0.6 is 11.8 Å². The summed E-state index contributed by atoms with van der Waals surface area (Å²) in [5.74, 6) is 0.370. The van der Waals surface area contributed by atoms with E-state index in [4.69, 9.17) is 9.84 Å². The molecule has 106 valence electrons. The number of hydrogen-bond donors (Lipinski definition) is 1. The smallest absolute Gasteiger partial charge is 0.327 e. The Hall–Kier alpha value is -1.95. The number of benzene rings is 1. The molecule has 1 unspecified atom stereocenters. The molecule has 20 heavy (non-hydrogen) atoms. The summed E-state index contributed by atoms with van der Waals surface area (Å²) in [5.41, 5.74) is 0.859. The van der Waals surface area contributed by atoms with E-state index in [2.05, 4.69) is 0 Å². The fourth-order valence-corrected chi connectivity index (χ4v) is 3.00. The summed E-state index contributed by atoms with van der Waals surface area (Å²) in [5, 5.41) is 9.03. The molecule has 0 spiro atoms. The van der Waals surface area contributed by atoms with Crippen LogP contribution < -0.4 is 4.74 Å². The molecule has 1 atom stereocenters. The summed E-state index contributed by atoms with van der Waals surface area (Å²) >= 11 is 1.45. The van der Waals surface area contributed by atoms with Crippen molar-refractivity contribution in [2.45, 2.75) is 6.04 Å². The van der Waals surface area contributed by atoms with Gasteiger partial charge in [0.2, 0.25) is 5.91 Å². The summed E-state index contributed by atoms with van der Waals surface area (Å²) in [6.45, 7) is 0. The lowest BCUT2D eigenvalue weighted by atomic mass is 10.2. The average Bonchev–Trinajstić information content (AvgIpc) is 2.95. The van der Waals surface area contributed by atoms with Gasteiger partial charge in [0.1, 0.15) is 11.8 Å². The molecule has 1 saturated heterocycles. The van der Waals surface area contributed by atoms with Gasteiger partial charge in [-0.25, -0.2) is 4.79 Å². The number of rotatable bonds is 4. The molecular weight excluding hydrogens is 278 g/mol. The minimum Gasteiger partial charge on any atom is -0.497 e. The third-order valence-corrected chi connectivity index (χ3v) is 4.00. The number of nitrogens with zero attached hydrogens (tertiary/aromatic N) is 1. The van der Waals surface area contributed by atoms with Crippen LogP contribution in [0, 0.1) is 0 Å². The highest BCUT2D eigenvalue weighted by Crippen LogP contribution is 2.21. The number of aliphatic carboxylic acids is 1. The number of amides is 1. The van der Waals surface area contributed by atoms with Gasteiger partial charge in [-0.3, -0.25) is 4.79 Å². The first-order valence-corrected chi connectivity index (χ1v) is 7.20. The number of thioether (sulfide) groups is 1. The van der Waals surface area contributed by atoms with Crippen LogP contribution in [0.15, 0.2) is 30.3 Å². The van der Waals surface area contributed by atoms with Gasteiger partial charge in [-0.15, -0.1) is 11.8 Å². The molecule has 0 saturated carbocycles. The van der Waals surface area contributed by atoms with E-state index in [1.54, 1.807) is 25.3 Å². The van der Waals surface area contributed by atoms with Crippen molar-refractivity contribution in [3.63, 3.8) is 0 Å². The Morgan fingerprint density at radius 1 is 1.40 bits per heavy atom. The standard InChI is InChI=1S/C14H15NO4S/c1-19-11-5-2-10(3-6-11)4-7-13(16)15-9-20-8-12(15)14(17)18/h2-7,12H,8-9H2,1H3,(H,17,18)/b7-4+. The fourth-order valence-electron chi connectivity index (χ4n) is 1.84. The minimum atomic E-state index is -0.957. The molecule has 1 heterocycles. The van der Waals surface area contributed by atoms with Gasteiger partial charge in [0, 0.05) is 11.8 Å². The number of methoxy groups -OCH3 is 1. The molecule has 1 aliphatic rings. The Kier molecular flexibility index (Phi) is 4.68. The first-order chi connectivity index (χ1) is 9.61. The summed E-state index contributed by atoms with van der Waals surface area (Å²) in [7, 11) is 1.59. The van der Waals surface area contributed by atoms with Crippen LogP contribution in [-0.4, -0.2) is 46.7 Å². The maximum atomic E-state index is 12.0. The first-order valence-electron chi connectivity index (χ1n) is 6.05. The predicted molar refractivity (Wildman–Crippen MR) is 77.6 cm³/mol. The summed E-state index contributed by atoms with van der Waals surface area (Å²) in [6.07, 6.45) is 3.08. The second kappa shape index (κ2) is 6.47. The number of hydrogen-bond acceptors (Lipinski definition) is 4. The number of carbonyl (C=O) groups excluding carboxylic acids is 1. The zero-order valence-corrected chi connectivity index (χ0v) is 11.8. The van der Waals surface area contributed by atoms with Gasteiger partial charge in [0.15, 0.2) is 0 Å². The lowest BCUT2D eigenvalue weighted by Crippen LogP contribution is -2.40. The number of ether oxygens (including phenoxy) is 1. The van der Waals surface area contributed by atoms with Crippen molar-refractivity contribution in [3.8, 4) is 5.75 Å². The Morgan fingerprint density at radius 2 is 2.10 bits per heavy atom. The number of carboxylic acids is 1. The topological polar surface area (TPSA) is 66.8 Å². The van der Waals surface area contributed by atoms with E-state index in [9.17, 15) is 9.59 Å². The number of carboxylic acid groups (broad SMARTS) is 1. The third-order valence-electron chi connectivity index (χ3n) is 2.98. The Morgan fingerprint density at radius 3 is 2.70 bits per heavy atom. The third kappa shape index (κ3) is 3.33. The van der Waals surface area contributed by atoms with Crippen LogP contribution in [-0.2, 0) is 9.59 Å². The molecule has 6 heteroatoms.